The molecular formula is C18H17BrN2O2. The average Bonchev–Trinajstić information content (AvgIpc) is 2.50. The Bertz CT molecular complexity index is 769. The summed E-state index contributed by atoms with van der Waals surface area (Å²) in [6.07, 6.45) is 1.67. The number of hydrogen-bond acceptors (Lipinski definition) is 2. The minimum absolute atomic E-state index is 0.197. The largest absolute Gasteiger partial charge is 0.322 e. The number of halogens is 1. The molecule has 0 saturated carbocycles. The highest BCUT2D eigenvalue weighted by atomic mass is 79.9. The number of benzene rings is 2. The summed E-state index contributed by atoms with van der Waals surface area (Å²) < 4.78 is 0.770. The molecular weight excluding hydrogens is 356 g/mol. The van der Waals surface area contributed by atoms with E-state index < -0.39 is 0 Å². The van der Waals surface area contributed by atoms with Crippen LogP contribution in [0.3, 0.4) is 0 Å². The van der Waals surface area contributed by atoms with Gasteiger partial charge in [0.1, 0.15) is 5.70 Å². The lowest BCUT2D eigenvalue weighted by Gasteiger charge is -2.11. The molecule has 0 heterocycles. The predicted molar refractivity (Wildman–Crippen MR) is 95.7 cm³/mol. The number of carbonyl (C=O) groups is 2. The highest BCUT2D eigenvalue weighted by Crippen LogP contribution is 2.22. The molecule has 0 aliphatic rings. The summed E-state index contributed by atoms with van der Waals surface area (Å²) in [5.41, 5.74) is 2.73. The lowest BCUT2D eigenvalue weighted by atomic mass is 10.1. The molecule has 118 valence electrons. The smallest absolute Gasteiger partial charge is 0.272 e. The third kappa shape index (κ3) is 4.79. The maximum atomic E-state index is 12.5. The lowest BCUT2D eigenvalue weighted by Crippen LogP contribution is -2.29. The number of nitrogens with one attached hydrogen (secondary N) is 2. The highest BCUT2D eigenvalue weighted by Gasteiger charge is 2.13. The van der Waals surface area contributed by atoms with Crippen molar-refractivity contribution in [3.05, 3.63) is 69.8 Å². The van der Waals surface area contributed by atoms with Gasteiger partial charge < -0.3 is 10.6 Å². The van der Waals surface area contributed by atoms with Crippen molar-refractivity contribution in [3.8, 4) is 0 Å². The van der Waals surface area contributed by atoms with Crippen LogP contribution in [-0.4, -0.2) is 11.8 Å². The summed E-state index contributed by atoms with van der Waals surface area (Å²) in [6, 6.07) is 14.9. The van der Waals surface area contributed by atoms with Crippen LogP contribution in [0.1, 0.15) is 18.1 Å². The monoisotopic (exact) mass is 372 g/mol. The van der Waals surface area contributed by atoms with Crippen molar-refractivity contribution in [1.29, 1.82) is 0 Å². The van der Waals surface area contributed by atoms with E-state index in [4.69, 9.17) is 0 Å². The molecule has 0 aliphatic heterocycles. The summed E-state index contributed by atoms with van der Waals surface area (Å²) in [6.45, 7) is 3.32. The fraction of sp³-hybridized carbons (Fsp3) is 0.111. The van der Waals surface area contributed by atoms with Gasteiger partial charge in [-0.25, -0.2) is 0 Å². The number of para-hydroxylation sites is 1. The molecule has 2 N–H and O–H groups in total. The summed E-state index contributed by atoms with van der Waals surface area (Å²) in [4.78, 5) is 23.9. The first-order valence-corrected chi connectivity index (χ1v) is 7.87. The molecule has 2 rings (SSSR count). The normalized spacial score (nSPS) is 11.0. The molecule has 2 aromatic rings. The minimum Gasteiger partial charge on any atom is -0.322 e. The number of hydrogen-bond donors (Lipinski definition) is 2. The summed E-state index contributed by atoms with van der Waals surface area (Å²) >= 11 is 3.38. The second-order valence-electron chi connectivity index (χ2n) is 5.03. The molecule has 5 heteroatoms. The molecule has 0 radical (unpaired) electrons. The zero-order chi connectivity index (χ0) is 16.8. The molecule has 0 saturated heterocycles. The number of carbonyl (C=O) groups excluding carboxylic acids is 2. The van der Waals surface area contributed by atoms with Crippen LogP contribution in [0.15, 0.2) is 58.7 Å². The van der Waals surface area contributed by atoms with Gasteiger partial charge in [-0.2, -0.15) is 0 Å². The van der Waals surface area contributed by atoms with Crippen LogP contribution in [0.25, 0.3) is 6.08 Å². The second-order valence-corrected chi connectivity index (χ2v) is 5.88. The van der Waals surface area contributed by atoms with Crippen LogP contribution in [0, 0.1) is 6.92 Å². The van der Waals surface area contributed by atoms with Crippen molar-refractivity contribution in [2.45, 2.75) is 13.8 Å². The van der Waals surface area contributed by atoms with E-state index in [-0.39, 0.29) is 17.5 Å². The molecule has 0 unspecified atom stereocenters. The number of anilines is 1. The Labute approximate surface area is 143 Å². The van der Waals surface area contributed by atoms with E-state index in [1.165, 1.54) is 6.92 Å². The van der Waals surface area contributed by atoms with Gasteiger partial charge in [-0.05, 0) is 52.2 Å². The zero-order valence-electron chi connectivity index (χ0n) is 12.9. The molecule has 0 aliphatic carbocycles. The SMILES string of the molecule is CC(=O)NC(=Cc1ccccc1C)C(=O)Nc1ccccc1Br. The van der Waals surface area contributed by atoms with Crippen LogP contribution in [0.5, 0.6) is 0 Å². The van der Waals surface area contributed by atoms with Crippen molar-refractivity contribution in [2.24, 2.45) is 0 Å². The Morgan fingerprint density at radius 1 is 1.04 bits per heavy atom. The first-order valence-electron chi connectivity index (χ1n) is 7.08. The van der Waals surface area contributed by atoms with Gasteiger partial charge in [-0.1, -0.05) is 36.4 Å². The zero-order valence-corrected chi connectivity index (χ0v) is 14.5. The van der Waals surface area contributed by atoms with Crippen molar-refractivity contribution in [2.75, 3.05) is 5.32 Å². The lowest BCUT2D eigenvalue weighted by molar-refractivity contribution is -0.120. The van der Waals surface area contributed by atoms with Gasteiger partial charge in [0, 0.05) is 11.4 Å². The Balaban J connectivity index is 2.31. The molecule has 2 aromatic carbocycles. The van der Waals surface area contributed by atoms with E-state index in [2.05, 4.69) is 26.6 Å². The van der Waals surface area contributed by atoms with E-state index in [9.17, 15) is 9.59 Å². The third-order valence-corrected chi connectivity index (χ3v) is 3.86. The van der Waals surface area contributed by atoms with Crippen LogP contribution in [0.4, 0.5) is 5.69 Å². The molecule has 2 amide bonds. The summed E-state index contributed by atoms with van der Waals surface area (Å²) in [5, 5.41) is 5.38. The molecule has 0 bridgehead atoms. The molecule has 4 nitrogen and oxygen atoms in total. The standard InChI is InChI=1S/C18H17BrN2O2/c1-12-7-3-4-8-14(12)11-17(20-13(2)22)18(23)21-16-10-6-5-9-15(16)19/h3-11H,1-2H3,(H,20,22)(H,21,23). The van der Waals surface area contributed by atoms with E-state index in [0.717, 1.165) is 15.6 Å². The van der Waals surface area contributed by atoms with Gasteiger partial charge in [0.25, 0.3) is 5.91 Å². The van der Waals surface area contributed by atoms with Crippen LogP contribution >= 0.6 is 15.9 Å². The van der Waals surface area contributed by atoms with Gasteiger partial charge in [0.05, 0.1) is 5.69 Å². The topological polar surface area (TPSA) is 58.2 Å². The van der Waals surface area contributed by atoms with E-state index >= 15 is 0 Å². The van der Waals surface area contributed by atoms with Crippen molar-refractivity contribution in [3.63, 3.8) is 0 Å². The summed E-state index contributed by atoms with van der Waals surface area (Å²) in [7, 11) is 0. The number of amides is 2. The maximum Gasteiger partial charge on any atom is 0.272 e. The third-order valence-electron chi connectivity index (χ3n) is 3.17. The Morgan fingerprint density at radius 3 is 2.35 bits per heavy atom. The highest BCUT2D eigenvalue weighted by molar-refractivity contribution is 9.10. The maximum absolute atomic E-state index is 12.5. The molecule has 0 spiro atoms. The van der Waals surface area contributed by atoms with E-state index in [1.807, 2.05) is 49.4 Å². The van der Waals surface area contributed by atoms with Crippen LogP contribution in [-0.2, 0) is 9.59 Å². The van der Waals surface area contributed by atoms with Gasteiger partial charge in [0.2, 0.25) is 5.91 Å². The Kier molecular flexibility index (Phi) is 5.71. The fourth-order valence-electron chi connectivity index (χ4n) is 2.00. The fourth-order valence-corrected chi connectivity index (χ4v) is 2.39. The van der Waals surface area contributed by atoms with Crippen LogP contribution < -0.4 is 10.6 Å². The van der Waals surface area contributed by atoms with E-state index in [1.54, 1.807) is 12.1 Å². The molecule has 0 aromatic heterocycles. The van der Waals surface area contributed by atoms with Crippen LogP contribution in [0.2, 0.25) is 0 Å². The molecule has 0 atom stereocenters. The average molecular weight is 373 g/mol. The Hall–Kier alpha value is -2.40. The molecule has 23 heavy (non-hydrogen) atoms. The Morgan fingerprint density at radius 2 is 1.70 bits per heavy atom. The minimum atomic E-state index is -0.379. The van der Waals surface area contributed by atoms with Gasteiger partial charge in [-0.15, -0.1) is 0 Å². The second kappa shape index (κ2) is 7.74. The van der Waals surface area contributed by atoms with Crippen molar-refractivity contribution in [1.82, 2.24) is 5.32 Å². The van der Waals surface area contributed by atoms with Crippen molar-refractivity contribution >= 4 is 39.5 Å². The number of rotatable bonds is 4. The quantitative estimate of drug-likeness (QED) is 0.800. The number of aryl methyl sites for hydroxylation is 1. The van der Waals surface area contributed by atoms with Gasteiger partial charge in [0.15, 0.2) is 0 Å². The summed E-state index contributed by atoms with van der Waals surface area (Å²) in [5.74, 6) is -0.678. The van der Waals surface area contributed by atoms with Gasteiger partial charge >= 0.3 is 0 Å². The first kappa shape index (κ1) is 17.0. The molecule has 0 fully saturated rings. The predicted octanol–water partition coefficient (Wildman–Crippen LogP) is 3.87. The first-order chi connectivity index (χ1) is 11.0. The van der Waals surface area contributed by atoms with E-state index in [0.29, 0.717) is 5.69 Å². The van der Waals surface area contributed by atoms with Gasteiger partial charge in [-0.3, -0.25) is 9.59 Å². The van der Waals surface area contributed by atoms with Crippen molar-refractivity contribution < 1.29 is 9.59 Å².